The number of urea groups is 1. The molecule has 118 valence electrons. The summed E-state index contributed by atoms with van der Waals surface area (Å²) in [6.45, 7) is 6.74. The fraction of sp³-hybridized carbons (Fsp3) is 0.500. The second-order valence-electron chi connectivity index (χ2n) is 6.00. The number of benzene rings is 1. The van der Waals surface area contributed by atoms with E-state index in [4.69, 9.17) is 4.74 Å². The van der Waals surface area contributed by atoms with E-state index < -0.39 is 0 Å². The SMILES string of the molecule is Cc1nn(C)c2cc(NC(=O)N3CCOCC(C)C3)ccc12. The highest BCUT2D eigenvalue weighted by Crippen LogP contribution is 2.22. The maximum Gasteiger partial charge on any atom is 0.321 e. The molecule has 1 fully saturated rings. The van der Waals surface area contributed by atoms with Crippen molar-refractivity contribution in [2.24, 2.45) is 13.0 Å². The number of rotatable bonds is 1. The Hall–Kier alpha value is -2.08. The summed E-state index contributed by atoms with van der Waals surface area (Å²) in [5, 5.41) is 8.49. The van der Waals surface area contributed by atoms with Crippen LogP contribution in [-0.4, -0.2) is 47.0 Å². The lowest BCUT2D eigenvalue weighted by atomic mass is 10.2. The van der Waals surface area contributed by atoms with Gasteiger partial charge >= 0.3 is 6.03 Å². The van der Waals surface area contributed by atoms with Crippen molar-refractivity contribution in [1.29, 1.82) is 0 Å². The molecule has 6 nitrogen and oxygen atoms in total. The Labute approximate surface area is 130 Å². The van der Waals surface area contributed by atoms with Crippen LogP contribution in [-0.2, 0) is 11.8 Å². The summed E-state index contributed by atoms with van der Waals surface area (Å²) in [6.07, 6.45) is 0. The Kier molecular flexibility index (Phi) is 4.02. The summed E-state index contributed by atoms with van der Waals surface area (Å²) in [5.74, 6) is 0.357. The van der Waals surface area contributed by atoms with Crippen molar-refractivity contribution >= 4 is 22.6 Å². The van der Waals surface area contributed by atoms with Gasteiger partial charge in [-0.2, -0.15) is 5.10 Å². The van der Waals surface area contributed by atoms with Gasteiger partial charge in [0, 0.05) is 31.2 Å². The topological polar surface area (TPSA) is 59.4 Å². The molecule has 1 aromatic carbocycles. The molecule has 22 heavy (non-hydrogen) atoms. The zero-order valence-corrected chi connectivity index (χ0v) is 13.3. The van der Waals surface area contributed by atoms with E-state index in [1.165, 1.54) is 0 Å². The van der Waals surface area contributed by atoms with Crippen molar-refractivity contribution < 1.29 is 9.53 Å². The highest BCUT2D eigenvalue weighted by Gasteiger charge is 2.20. The molecule has 6 heteroatoms. The number of amides is 2. The van der Waals surface area contributed by atoms with Crippen molar-refractivity contribution in [1.82, 2.24) is 14.7 Å². The first-order valence-corrected chi connectivity index (χ1v) is 7.61. The predicted molar refractivity (Wildman–Crippen MR) is 86.0 cm³/mol. The molecule has 2 aromatic rings. The summed E-state index contributed by atoms with van der Waals surface area (Å²) in [6, 6.07) is 5.81. The normalized spacial score (nSPS) is 19.2. The molecule has 1 saturated heterocycles. The minimum Gasteiger partial charge on any atom is -0.379 e. The van der Waals surface area contributed by atoms with E-state index in [0.717, 1.165) is 28.8 Å². The number of nitrogens with one attached hydrogen (secondary N) is 1. The minimum atomic E-state index is -0.0735. The Morgan fingerprint density at radius 2 is 2.27 bits per heavy atom. The smallest absolute Gasteiger partial charge is 0.321 e. The standard InChI is InChI=1S/C16H22N4O2/c1-11-9-20(6-7-22-10-11)16(21)17-13-4-5-14-12(2)18-19(3)15(14)8-13/h4-5,8,11H,6-7,9-10H2,1-3H3,(H,17,21). The van der Waals surface area contributed by atoms with Crippen molar-refractivity contribution in [3.63, 3.8) is 0 Å². The van der Waals surface area contributed by atoms with Crippen LogP contribution in [0.4, 0.5) is 10.5 Å². The second-order valence-corrected chi connectivity index (χ2v) is 6.00. The van der Waals surface area contributed by atoms with Crippen LogP contribution in [0.1, 0.15) is 12.6 Å². The van der Waals surface area contributed by atoms with Crippen LogP contribution in [0.2, 0.25) is 0 Å². The zero-order chi connectivity index (χ0) is 15.7. The van der Waals surface area contributed by atoms with Gasteiger partial charge in [0.25, 0.3) is 0 Å². The number of hydrogen-bond donors (Lipinski definition) is 1. The van der Waals surface area contributed by atoms with Gasteiger partial charge in [-0.3, -0.25) is 4.68 Å². The molecule has 2 amide bonds. The average Bonchev–Trinajstić information content (AvgIpc) is 2.65. The van der Waals surface area contributed by atoms with Crippen molar-refractivity contribution in [2.45, 2.75) is 13.8 Å². The monoisotopic (exact) mass is 302 g/mol. The predicted octanol–water partition coefficient (Wildman–Crippen LogP) is 2.38. The molecule has 0 radical (unpaired) electrons. The molecule has 1 atom stereocenters. The van der Waals surface area contributed by atoms with Gasteiger partial charge in [0.05, 0.1) is 24.4 Å². The van der Waals surface area contributed by atoms with E-state index in [1.54, 1.807) is 0 Å². The number of carbonyl (C=O) groups is 1. The third-order valence-electron chi connectivity index (χ3n) is 4.01. The summed E-state index contributed by atoms with van der Waals surface area (Å²) in [4.78, 5) is 14.2. The third-order valence-corrected chi connectivity index (χ3v) is 4.01. The van der Waals surface area contributed by atoms with Crippen molar-refractivity contribution in [3.05, 3.63) is 23.9 Å². The summed E-state index contributed by atoms with van der Waals surface area (Å²) >= 11 is 0. The highest BCUT2D eigenvalue weighted by atomic mass is 16.5. The number of nitrogens with zero attached hydrogens (tertiary/aromatic N) is 3. The number of fused-ring (bicyclic) bond motifs is 1. The van der Waals surface area contributed by atoms with Gasteiger partial charge in [0.15, 0.2) is 0 Å². The van der Waals surface area contributed by atoms with Crippen LogP contribution < -0.4 is 5.32 Å². The Morgan fingerprint density at radius 3 is 3.09 bits per heavy atom. The average molecular weight is 302 g/mol. The molecule has 1 N–H and O–H groups in total. The molecule has 0 aliphatic carbocycles. The molecule has 1 aliphatic heterocycles. The van der Waals surface area contributed by atoms with E-state index in [-0.39, 0.29) is 6.03 Å². The number of carbonyl (C=O) groups excluding carboxylic acids is 1. The van der Waals surface area contributed by atoms with E-state index in [2.05, 4.69) is 17.3 Å². The molecule has 0 bridgehead atoms. The largest absolute Gasteiger partial charge is 0.379 e. The first-order valence-electron chi connectivity index (χ1n) is 7.61. The van der Waals surface area contributed by atoms with Gasteiger partial charge < -0.3 is 15.0 Å². The van der Waals surface area contributed by atoms with Crippen LogP contribution >= 0.6 is 0 Å². The zero-order valence-electron chi connectivity index (χ0n) is 13.3. The van der Waals surface area contributed by atoms with E-state index in [1.807, 2.05) is 41.8 Å². The first-order chi connectivity index (χ1) is 10.5. The van der Waals surface area contributed by atoms with Crippen molar-refractivity contribution in [2.75, 3.05) is 31.6 Å². The Bertz CT molecular complexity index is 695. The first kappa shape index (κ1) is 14.8. The molecule has 1 unspecified atom stereocenters. The molecular formula is C16H22N4O2. The summed E-state index contributed by atoms with van der Waals surface area (Å²) in [7, 11) is 1.91. The van der Waals surface area contributed by atoms with E-state index in [0.29, 0.717) is 25.7 Å². The lowest BCUT2D eigenvalue weighted by Gasteiger charge is -2.22. The summed E-state index contributed by atoms with van der Waals surface area (Å²) in [5.41, 5.74) is 2.80. The highest BCUT2D eigenvalue weighted by molar-refractivity contribution is 5.93. The molecular weight excluding hydrogens is 280 g/mol. The fourth-order valence-corrected chi connectivity index (χ4v) is 2.88. The molecule has 0 saturated carbocycles. The minimum absolute atomic E-state index is 0.0735. The van der Waals surface area contributed by atoms with E-state index in [9.17, 15) is 4.79 Å². The lowest BCUT2D eigenvalue weighted by molar-refractivity contribution is 0.127. The van der Waals surface area contributed by atoms with Gasteiger partial charge in [-0.1, -0.05) is 6.92 Å². The number of anilines is 1. The van der Waals surface area contributed by atoms with Crippen LogP contribution in [0, 0.1) is 12.8 Å². The number of hydrogen-bond acceptors (Lipinski definition) is 3. The number of aryl methyl sites for hydroxylation is 2. The molecule has 3 rings (SSSR count). The van der Waals surface area contributed by atoms with Crippen LogP contribution in [0.3, 0.4) is 0 Å². The third kappa shape index (κ3) is 2.92. The van der Waals surface area contributed by atoms with Gasteiger partial charge in [0.1, 0.15) is 0 Å². The molecule has 0 spiro atoms. The van der Waals surface area contributed by atoms with Crippen molar-refractivity contribution in [3.8, 4) is 0 Å². The molecule has 1 aromatic heterocycles. The summed E-state index contributed by atoms with van der Waals surface area (Å²) < 4.78 is 7.32. The number of ether oxygens (including phenoxy) is 1. The van der Waals surface area contributed by atoms with Crippen LogP contribution in [0.25, 0.3) is 10.9 Å². The van der Waals surface area contributed by atoms with Gasteiger partial charge in [-0.05, 0) is 31.0 Å². The van der Waals surface area contributed by atoms with Crippen LogP contribution in [0.5, 0.6) is 0 Å². The lowest BCUT2D eigenvalue weighted by Crippen LogP contribution is -2.38. The van der Waals surface area contributed by atoms with Gasteiger partial charge in [0.2, 0.25) is 0 Å². The fourth-order valence-electron chi connectivity index (χ4n) is 2.88. The van der Waals surface area contributed by atoms with Gasteiger partial charge in [-0.15, -0.1) is 0 Å². The Balaban J connectivity index is 1.77. The molecule has 2 heterocycles. The Morgan fingerprint density at radius 1 is 1.45 bits per heavy atom. The van der Waals surface area contributed by atoms with Gasteiger partial charge in [-0.25, -0.2) is 4.79 Å². The molecule has 1 aliphatic rings. The maximum absolute atomic E-state index is 12.4. The van der Waals surface area contributed by atoms with E-state index >= 15 is 0 Å². The second kappa shape index (κ2) is 5.96. The maximum atomic E-state index is 12.4. The number of aromatic nitrogens is 2. The van der Waals surface area contributed by atoms with Crippen LogP contribution in [0.15, 0.2) is 18.2 Å². The quantitative estimate of drug-likeness (QED) is 0.880.